The van der Waals surface area contributed by atoms with Gasteiger partial charge in [-0.1, -0.05) is 30.4 Å². The molecule has 5 heteroatoms. The SMILES string of the molecule is C=CCCC(O)(CCC=C)c1ccc(CN(CCCOC)Cc2ccccc2F)o1. The molecular formula is C25H34FNO3. The van der Waals surface area contributed by atoms with E-state index in [9.17, 15) is 9.50 Å². The molecule has 0 spiro atoms. The lowest BCUT2D eigenvalue weighted by atomic mass is 9.89. The molecule has 0 aliphatic carbocycles. The van der Waals surface area contributed by atoms with Crippen LogP contribution in [0.5, 0.6) is 0 Å². The molecule has 0 bridgehead atoms. The van der Waals surface area contributed by atoms with Crippen LogP contribution < -0.4 is 0 Å². The third-order valence-corrected chi connectivity index (χ3v) is 5.20. The van der Waals surface area contributed by atoms with Gasteiger partial charge in [0.15, 0.2) is 0 Å². The molecule has 0 aliphatic heterocycles. The lowest BCUT2D eigenvalue weighted by molar-refractivity contribution is -0.00218. The van der Waals surface area contributed by atoms with Gasteiger partial charge in [0.05, 0.1) is 6.54 Å². The predicted molar refractivity (Wildman–Crippen MR) is 118 cm³/mol. The van der Waals surface area contributed by atoms with Crippen molar-refractivity contribution in [2.24, 2.45) is 0 Å². The number of methoxy groups -OCH3 is 1. The summed E-state index contributed by atoms with van der Waals surface area (Å²) < 4.78 is 25.4. The fraction of sp³-hybridized carbons (Fsp3) is 0.440. The van der Waals surface area contributed by atoms with E-state index >= 15 is 0 Å². The molecule has 1 aromatic carbocycles. The van der Waals surface area contributed by atoms with Crippen molar-refractivity contribution >= 4 is 0 Å². The highest BCUT2D eigenvalue weighted by atomic mass is 19.1. The Hall–Kier alpha value is -2.21. The number of furan rings is 1. The van der Waals surface area contributed by atoms with Gasteiger partial charge in [-0.05, 0) is 50.3 Å². The molecule has 0 amide bonds. The number of benzene rings is 1. The topological polar surface area (TPSA) is 45.8 Å². The largest absolute Gasteiger partial charge is 0.462 e. The van der Waals surface area contributed by atoms with Crippen molar-refractivity contribution in [3.63, 3.8) is 0 Å². The number of ether oxygens (including phenoxy) is 1. The number of aliphatic hydroxyl groups is 1. The van der Waals surface area contributed by atoms with E-state index in [0.29, 0.717) is 56.7 Å². The minimum absolute atomic E-state index is 0.211. The fourth-order valence-electron chi connectivity index (χ4n) is 3.50. The molecule has 0 saturated carbocycles. The lowest BCUT2D eigenvalue weighted by Crippen LogP contribution is -2.26. The molecule has 0 radical (unpaired) electrons. The second kappa shape index (κ2) is 12.5. The van der Waals surface area contributed by atoms with Crippen molar-refractivity contribution in [3.8, 4) is 0 Å². The first-order valence-corrected chi connectivity index (χ1v) is 10.5. The number of allylic oxidation sites excluding steroid dienone is 2. The Kier molecular flexibility index (Phi) is 10.0. The number of hydrogen-bond acceptors (Lipinski definition) is 4. The molecule has 2 rings (SSSR count). The van der Waals surface area contributed by atoms with E-state index in [1.165, 1.54) is 6.07 Å². The zero-order valence-electron chi connectivity index (χ0n) is 18.0. The van der Waals surface area contributed by atoms with E-state index in [2.05, 4.69) is 18.1 Å². The van der Waals surface area contributed by atoms with Crippen LogP contribution in [0.1, 0.15) is 49.2 Å². The minimum Gasteiger partial charge on any atom is -0.462 e. The molecule has 1 aromatic heterocycles. The van der Waals surface area contributed by atoms with Gasteiger partial charge in [0, 0.05) is 32.4 Å². The van der Waals surface area contributed by atoms with E-state index in [-0.39, 0.29) is 5.82 Å². The van der Waals surface area contributed by atoms with E-state index in [4.69, 9.17) is 9.15 Å². The number of nitrogens with zero attached hydrogens (tertiary/aromatic N) is 1. The third-order valence-electron chi connectivity index (χ3n) is 5.20. The summed E-state index contributed by atoms with van der Waals surface area (Å²) in [5.74, 6) is 1.09. The fourth-order valence-corrected chi connectivity index (χ4v) is 3.50. The van der Waals surface area contributed by atoms with Crippen LogP contribution in [0, 0.1) is 5.82 Å². The van der Waals surface area contributed by atoms with Crippen molar-refractivity contribution in [3.05, 3.63) is 84.6 Å². The molecule has 4 nitrogen and oxygen atoms in total. The van der Waals surface area contributed by atoms with Gasteiger partial charge < -0.3 is 14.3 Å². The van der Waals surface area contributed by atoms with Crippen LogP contribution in [0.2, 0.25) is 0 Å². The summed E-state index contributed by atoms with van der Waals surface area (Å²) in [7, 11) is 1.67. The normalized spacial score (nSPS) is 11.7. The van der Waals surface area contributed by atoms with Gasteiger partial charge in [-0.15, -0.1) is 13.2 Å². The second-order valence-electron chi connectivity index (χ2n) is 7.60. The number of rotatable bonds is 15. The molecule has 0 saturated heterocycles. The molecule has 1 heterocycles. The molecular weight excluding hydrogens is 381 g/mol. The summed E-state index contributed by atoms with van der Waals surface area (Å²) in [5.41, 5.74) is -0.400. The first-order chi connectivity index (χ1) is 14.5. The Morgan fingerprint density at radius 3 is 2.43 bits per heavy atom. The summed E-state index contributed by atoms with van der Waals surface area (Å²) in [4.78, 5) is 2.13. The molecule has 164 valence electrons. The standard InChI is InChI=1S/C25H34FNO3/c1-4-6-15-25(28,16-7-5-2)24-14-13-22(30-24)20-27(17-10-18-29-3)19-21-11-8-9-12-23(21)26/h4-5,8-9,11-14,28H,1-2,6-7,10,15-20H2,3H3. The van der Waals surface area contributed by atoms with Gasteiger partial charge >= 0.3 is 0 Å². The van der Waals surface area contributed by atoms with Crippen molar-refractivity contribution in [2.45, 2.75) is 50.8 Å². The Morgan fingerprint density at radius 1 is 1.10 bits per heavy atom. The summed E-state index contributed by atoms with van der Waals surface area (Å²) in [5, 5.41) is 11.2. The van der Waals surface area contributed by atoms with Crippen molar-refractivity contribution in [1.29, 1.82) is 0 Å². The summed E-state index contributed by atoms with van der Waals surface area (Å²) in [6.07, 6.45) is 6.92. The van der Waals surface area contributed by atoms with Crippen LogP contribution in [-0.4, -0.2) is 30.3 Å². The molecule has 0 fully saturated rings. The average Bonchev–Trinajstić information content (AvgIpc) is 3.22. The molecule has 0 atom stereocenters. The Bertz CT molecular complexity index is 774. The van der Waals surface area contributed by atoms with E-state index in [0.717, 1.165) is 18.7 Å². The molecule has 0 aliphatic rings. The highest BCUT2D eigenvalue weighted by molar-refractivity contribution is 5.18. The Labute approximate surface area is 179 Å². The first kappa shape index (κ1) is 24.1. The molecule has 30 heavy (non-hydrogen) atoms. The first-order valence-electron chi connectivity index (χ1n) is 10.5. The quantitative estimate of drug-likeness (QED) is 0.305. The van der Waals surface area contributed by atoms with Crippen LogP contribution in [-0.2, 0) is 23.4 Å². The molecule has 0 unspecified atom stereocenters. The number of halogens is 1. The van der Waals surface area contributed by atoms with Gasteiger partial charge in [-0.25, -0.2) is 4.39 Å². The highest BCUT2D eigenvalue weighted by Crippen LogP contribution is 2.33. The maximum atomic E-state index is 14.2. The zero-order chi connectivity index (χ0) is 21.8. The van der Waals surface area contributed by atoms with Crippen molar-refractivity contribution in [2.75, 3.05) is 20.3 Å². The zero-order valence-corrected chi connectivity index (χ0v) is 18.0. The van der Waals surface area contributed by atoms with Gasteiger partial charge in [-0.2, -0.15) is 0 Å². The van der Waals surface area contributed by atoms with Crippen LogP contribution in [0.4, 0.5) is 4.39 Å². The van der Waals surface area contributed by atoms with Crippen molar-refractivity contribution in [1.82, 2.24) is 4.90 Å². The third kappa shape index (κ3) is 7.24. The van der Waals surface area contributed by atoms with Crippen LogP contribution >= 0.6 is 0 Å². The minimum atomic E-state index is -1.05. The maximum absolute atomic E-state index is 14.2. The van der Waals surface area contributed by atoms with Gasteiger partial charge in [-0.3, -0.25) is 4.90 Å². The van der Waals surface area contributed by atoms with Crippen LogP contribution in [0.25, 0.3) is 0 Å². The number of hydrogen-bond donors (Lipinski definition) is 1. The van der Waals surface area contributed by atoms with E-state index < -0.39 is 5.60 Å². The van der Waals surface area contributed by atoms with Crippen molar-refractivity contribution < 1.29 is 18.7 Å². The maximum Gasteiger partial charge on any atom is 0.135 e. The van der Waals surface area contributed by atoms with Gasteiger partial charge in [0.1, 0.15) is 22.9 Å². The summed E-state index contributed by atoms with van der Waals surface area (Å²) in [6, 6.07) is 10.6. The van der Waals surface area contributed by atoms with Crippen LogP contribution in [0.15, 0.2) is 66.1 Å². The average molecular weight is 416 g/mol. The lowest BCUT2D eigenvalue weighted by Gasteiger charge is -2.25. The smallest absolute Gasteiger partial charge is 0.135 e. The van der Waals surface area contributed by atoms with E-state index in [1.807, 2.05) is 18.2 Å². The Morgan fingerprint density at radius 2 is 1.80 bits per heavy atom. The summed E-state index contributed by atoms with van der Waals surface area (Å²) in [6.45, 7) is 9.90. The van der Waals surface area contributed by atoms with E-state index in [1.54, 1.807) is 31.4 Å². The molecule has 2 aromatic rings. The monoisotopic (exact) mass is 415 g/mol. The van der Waals surface area contributed by atoms with Crippen LogP contribution in [0.3, 0.4) is 0 Å². The molecule has 1 N–H and O–H groups in total. The Balaban J connectivity index is 2.14. The second-order valence-corrected chi connectivity index (χ2v) is 7.60. The van der Waals surface area contributed by atoms with Gasteiger partial charge in [0.2, 0.25) is 0 Å². The predicted octanol–water partition coefficient (Wildman–Crippen LogP) is 5.58. The highest BCUT2D eigenvalue weighted by Gasteiger charge is 2.31. The van der Waals surface area contributed by atoms with Gasteiger partial charge in [0.25, 0.3) is 0 Å². The summed E-state index contributed by atoms with van der Waals surface area (Å²) >= 11 is 0.